The molecule has 0 unspecified atom stereocenters. The summed E-state index contributed by atoms with van der Waals surface area (Å²) in [6.45, 7) is 3.32. The molecule has 0 aromatic heterocycles. The van der Waals surface area contributed by atoms with Crippen LogP contribution in [0.15, 0.2) is 72.8 Å². The number of anilines is 1. The summed E-state index contributed by atoms with van der Waals surface area (Å²) < 4.78 is 40.7. The lowest BCUT2D eigenvalue weighted by atomic mass is 9.86. The predicted molar refractivity (Wildman–Crippen MR) is 138 cm³/mol. The van der Waals surface area contributed by atoms with Gasteiger partial charge in [-0.15, -0.1) is 0 Å². The first kappa shape index (κ1) is 25.3. The maximum absolute atomic E-state index is 14.1. The van der Waals surface area contributed by atoms with Crippen LogP contribution >= 0.6 is 0 Å². The van der Waals surface area contributed by atoms with E-state index in [0.717, 1.165) is 17.3 Å². The molecule has 0 spiro atoms. The van der Waals surface area contributed by atoms with Crippen LogP contribution in [0.4, 0.5) is 18.9 Å². The molecule has 3 aromatic carbocycles. The number of carbonyl (C=O) groups is 1. The van der Waals surface area contributed by atoms with Crippen molar-refractivity contribution >= 4 is 11.6 Å². The highest BCUT2D eigenvalue weighted by Crippen LogP contribution is 2.29. The van der Waals surface area contributed by atoms with Crippen molar-refractivity contribution < 1.29 is 18.0 Å². The third kappa shape index (κ3) is 5.81. The highest BCUT2D eigenvalue weighted by Gasteiger charge is 2.47. The molecule has 2 N–H and O–H groups in total. The fraction of sp³-hybridized carbons (Fsp3) is 0.345. The van der Waals surface area contributed by atoms with Gasteiger partial charge in [0.2, 0.25) is 5.91 Å². The molecule has 37 heavy (non-hydrogen) atoms. The van der Waals surface area contributed by atoms with Gasteiger partial charge in [-0.3, -0.25) is 4.79 Å². The Kier molecular flexibility index (Phi) is 7.48. The van der Waals surface area contributed by atoms with Crippen molar-refractivity contribution in [3.8, 4) is 0 Å². The van der Waals surface area contributed by atoms with Gasteiger partial charge in [-0.25, -0.2) is 13.2 Å². The molecule has 0 radical (unpaired) electrons. The molecule has 2 saturated heterocycles. The van der Waals surface area contributed by atoms with Gasteiger partial charge in [-0.1, -0.05) is 36.4 Å². The minimum Gasteiger partial charge on any atom is -0.368 e. The number of halogens is 3. The highest BCUT2D eigenvalue weighted by molar-refractivity contribution is 5.87. The van der Waals surface area contributed by atoms with E-state index in [1.54, 1.807) is 12.1 Å². The van der Waals surface area contributed by atoms with Crippen LogP contribution in [0.2, 0.25) is 0 Å². The Morgan fingerprint density at radius 2 is 1.62 bits per heavy atom. The van der Waals surface area contributed by atoms with Crippen molar-refractivity contribution in [2.45, 2.75) is 31.0 Å². The summed E-state index contributed by atoms with van der Waals surface area (Å²) in [6.07, 6.45) is 1.11. The smallest absolute Gasteiger partial charge is 0.243 e. The van der Waals surface area contributed by atoms with Crippen LogP contribution in [-0.4, -0.2) is 55.1 Å². The summed E-state index contributed by atoms with van der Waals surface area (Å²) in [5.41, 5.74) is 1.63. The maximum atomic E-state index is 14.1. The molecule has 5 nitrogen and oxygen atoms in total. The first-order chi connectivity index (χ1) is 17.9. The Morgan fingerprint density at radius 3 is 2.32 bits per heavy atom. The molecule has 1 amide bonds. The van der Waals surface area contributed by atoms with Crippen LogP contribution in [0.3, 0.4) is 0 Å². The van der Waals surface area contributed by atoms with E-state index in [2.05, 4.69) is 15.5 Å². The molecule has 0 bridgehead atoms. The normalized spacial score (nSPS) is 21.9. The molecule has 194 valence electrons. The molecule has 2 heterocycles. The number of carbonyl (C=O) groups excluding carboxylic acids is 1. The van der Waals surface area contributed by atoms with Crippen LogP contribution in [0.5, 0.6) is 0 Å². The van der Waals surface area contributed by atoms with E-state index >= 15 is 0 Å². The third-order valence-corrected chi connectivity index (χ3v) is 7.39. The number of benzene rings is 3. The summed E-state index contributed by atoms with van der Waals surface area (Å²) in [4.78, 5) is 18.1. The van der Waals surface area contributed by atoms with Gasteiger partial charge >= 0.3 is 0 Å². The molecular weight excluding hydrogens is 477 g/mol. The van der Waals surface area contributed by atoms with Crippen LogP contribution in [0, 0.1) is 17.5 Å². The van der Waals surface area contributed by atoms with Crippen LogP contribution in [-0.2, 0) is 17.8 Å². The highest BCUT2D eigenvalue weighted by atomic mass is 19.1. The molecule has 3 aromatic rings. The van der Waals surface area contributed by atoms with Crippen molar-refractivity contribution in [3.63, 3.8) is 0 Å². The number of nitrogens with zero attached hydrogens (tertiary/aromatic N) is 2. The fourth-order valence-electron chi connectivity index (χ4n) is 5.39. The van der Waals surface area contributed by atoms with Gasteiger partial charge < -0.3 is 20.4 Å². The lowest BCUT2D eigenvalue weighted by Gasteiger charge is -2.41. The zero-order valence-corrected chi connectivity index (χ0v) is 20.6. The monoisotopic (exact) mass is 508 g/mol. The molecule has 2 fully saturated rings. The fourth-order valence-corrected chi connectivity index (χ4v) is 5.39. The molecular formula is C29H31F3N4O. The van der Waals surface area contributed by atoms with E-state index in [9.17, 15) is 18.0 Å². The number of hydrogen-bond acceptors (Lipinski definition) is 4. The Morgan fingerprint density at radius 1 is 0.919 bits per heavy atom. The number of piperazine rings is 1. The van der Waals surface area contributed by atoms with Crippen LogP contribution in [0.1, 0.15) is 17.5 Å². The molecule has 2 atom stereocenters. The van der Waals surface area contributed by atoms with Gasteiger partial charge in [0, 0.05) is 62.6 Å². The second kappa shape index (κ2) is 10.9. The minimum atomic E-state index is -0.779. The maximum Gasteiger partial charge on any atom is 0.243 e. The average molecular weight is 509 g/mol. The SMILES string of the molecule is O=C(N1CCN(c2ccc(F)cc2)CC1)[C@]1(Cc2ccccc2)C[C@H](NCc2ccc(F)cc2F)CN1. The van der Waals surface area contributed by atoms with Gasteiger partial charge in [-0.05, 0) is 48.7 Å². The lowest BCUT2D eigenvalue weighted by molar-refractivity contribution is -0.138. The third-order valence-electron chi connectivity index (χ3n) is 7.39. The number of rotatable bonds is 7. The zero-order valence-electron chi connectivity index (χ0n) is 20.6. The van der Waals surface area contributed by atoms with Crippen LogP contribution in [0.25, 0.3) is 0 Å². The number of amides is 1. The standard InChI is InChI=1S/C29H31F3N4O/c30-23-8-10-26(11-9-23)35-12-14-36(15-13-35)28(37)29(17-21-4-2-1-3-5-21)18-25(20-34-29)33-19-22-6-7-24(31)16-27(22)32/h1-11,16,25,33-34H,12-15,17-20H2/t25-,29-/m0/s1. The van der Waals surface area contributed by atoms with E-state index < -0.39 is 17.2 Å². The van der Waals surface area contributed by atoms with Gasteiger partial charge in [0.05, 0.1) is 0 Å². The second-order valence-electron chi connectivity index (χ2n) is 9.90. The van der Waals surface area contributed by atoms with E-state index in [-0.39, 0.29) is 24.3 Å². The summed E-state index contributed by atoms with van der Waals surface area (Å²) in [5, 5.41) is 6.87. The van der Waals surface area contributed by atoms with Gasteiger partial charge in [-0.2, -0.15) is 0 Å². The van der Waals surface area contributed by atoms with Gasteiger partial charge in [0.15, 0.2) is 0 Å². The van der Waals surface area contributed by atoms with Crippen molar-refractivity contribution in [2.24, 2.45) is 0 Å². The minimum absolute atomic E-state index is 0.0439. The first-order valence-electron chi connectivity index (χ1n) is 12.7. The molecule has 0 saturated carbocycles. The number of hydrogen-bond donors (Lipinski definition) is 2. The Labute approximate surface area is 215 Å². The summed E-state index contributed by atoms with van der Waals surface area (Å²) in [6, 6.07) is 19.9. The molecule has 0 aliphatic carbocycles. The Hall–Kier alpha value is -3.36. The Balaban J connectivity index is 1.27. The zero-order chi connectivity index (χ0) is 25.8. The predicted octanol–water partition coefficient (Wildman–Crippen LogP) is 3.89. The van der Waals surface area contributed by atoms with Gasteiger partial charge in [0.1, 0.15) is 23.0 Å². The number of nitrogens with one attached hydrogen (secondary N) is 2. The van der Waals surface area contributed by atoms with E-state index in [1.807, 2.05) is 35.2 Å². The largest absolute Gasteiger partial charge is 0.368 e. The van der Waals surface area contributed by atoms with Crippen LogP contribution < -0.4 is 15.5 Å². The lowest BCUT2D eigenvalue weighted by Crippen LogP contribution is -2.60. The van der Waals surface area contributed by atoms with Crippen molar-refractivity contribution in [3.05, 3.63) is 101 Å². The summed E-state index contributed by atoms with van der Waals surface area (Å²) in [7, 11) is 0. The van der Waals surface area contributed by atoms with Crippen molar-refractivity contribution in [1.82, 2.24) is 15.5 Å². The van der Waals surface area contributed by atoms with Gasteiger partial charge in [0.25, 0.3) is 0 Å². The molecule has 2 aliphatic heterocycles. The summed E-state index contributed by atoms with van der Waals surface area (Å²) >= 11 is 0. The molecule has 2 aliphatic rings. The average Bonchev–Trinajstić information content (AvgIpc) is 3.33. The Bertz CT molecular complexity index is 1220. The van der Waals surface area contributed by atoms with Crippen molar-refractivity contribution in [1.29, 1.82) is 0 Å². The topological polar surface area (TPSA) is 47.6 Å². The van der Waals surface area contributed by atoms with E-state index in [0.29, 0.717) is 51.1 Å². The first-order valence-corrected chi connectivity index (χ1v) is 12.7. The van der Waals surface area contributed by atoms with E-state index in [4.69, 9.17) is 0 Å². The summed E-state index contributed by atoms with van der Waals surface area (Å²) in [5.74, 6) is -1.38. The molecule has 8 heteroatoms. The van der Waals surface area contributed by atoms with E-state index in [1.165, 1.54) is 24.3 Å². The second-order valence-corrected chi connectivity index (χ2v) is 9.90. The van der Waals surface area contributed by atoms with Crippen molar-refractivity contribution in [2.75, 3.05) is 37.6 Å². The quantitative estimate of drug-likeness (QED) is 0.509. The molecule has 5 rings (SSSR count).